The molecule has 0 N–H and O–H groups in total. The molecule has 0 aliphatic carbocycles. The summed E-state index contributed by atoms with van der Waals surface area (Å²) in [4.78, 5) is 38.7. The summed E-state index contributed by atoms with van der Waals surface area (Å²) in [7, 11) is 1.25. The molecule has 2 aromatic rings. The predicted molar refractivity (Wildman–Crippen MR) is 121 cm³/mol. The van der Waals surface area contributed by atoms with Crippen molar-refractivity contribution in [2.45, 2.75) is 13.8 Å². The maximum Gasteiger partial charge on any atom is 0.363 e. The van der Waals surface area contributed by atoms with Crippen molar-refractivity contribution < 1.29 is 33.5 Å². The fourth-order valence-corrected chi connectivity index (χ4v) is 3.57. The van der Waals surface area contributed by atoms with Gasteiger partial charge in [-0.3, -0.25) is 10.1 Å². The molecule has 0 radical (unpaired) electrons. The summed E-state index contributed by atoms with van der Waals surface area (Å²) in [6.07, 6.45) is 1.49. The number of carbonyl (C=O) groups is 2. The van der Waals surface area contributed by atoms with Gasteiger partial charge in [-0.25, -0.2) is 14.6 Å². The van der Waals surface area contributed by atoms with E-state index in [2.05, 4.69) is 25.7 Å². The van der Waals surface area contributed by atoms with E-state index < -0.39 is 16.9 Å². The minimum absolute atomic E-state index is 0.00786. The first-order valence-corrected chi connectivity index (χ1v) is 10.5. The molecule has 11 heteroatoms. The summed E-state index contributed by atoms with van der Waals surface area (Å²) >= 11 is 3.38. The Morgan fingerprint density at radius 2 is 2.06 bits per heavy atom. The maximum atomic E-state index is 12.4. The van der Waals surface area contributed by atoms with E-state index in [0.717, 1.165) is 0 Å². The Bertz CT molecular complexity index is 1190. The second-order valence-electron chi connectivity index (χ2n) is 6.67. The van der Waals surface area contributed by atoms with Crippen LogP contribution in [-0.2, 0) is 19.1 Å². The second-order valence-corrected chi connectivity index (χ2v) is 7.53. The zero-order valence-corrected chi connectivity index (χ0v) is 19.5. The van der Waals surface area contributed by atoms with Gasteiger partial charge in [-0.2, -0.15) is 0 Å². The average molecular weight is 519 g/mol. The molecule has 0 spiro atoms. The van der Waals surface area contributed by atoms with Crippen molar-refractivity contribution in [1.82, 2.24) is 0 Å². The predicted octanol–water partition coefficient (Wildman–Crippen LogP) is 3.96. The van der Waals surface area contributed by atoms with E-state index >= 15 is 0 Å². The summed E-state index contributed by atoms with van der Waals surface area (Å²) in [5, 5.41) is 11.2. The number of nitro groups is 1. The van der Waals surface area contributed by atoms with Crippen LogP contribution in [0.1, 0.15) is 23.6 Å². The van der Waals surface area contributed by atoms with E-state index in [9.17, 15) is 19.7 Å². The largest absolute Gasteiger partial charge is 0.490 e. The monoisotopic (exact) mass is 518 g/mol. The third-order valence-electron chi connectivity index (χ3n) is 4.55. The molecule has 2 aromatic carbocycles. The van der Waals surface area contributed by atoms with E-state index in [0.29, 0.717) is 39.3 Å². The van der Waals surface area contributed by atoms with Gasteiger partial charge in [0.25, 0.3) is 5.69 Å². The highest BCUT2D eigenvalue weighted by Gasteiger charge is 2.27. The van der Waals surface area contributed by atoms with Crippen LogP contribution in [0.5, 0.6) is 11.5 Å². The Balaban J connectivity index is 1.96. The number of cyclic esters (lactones) is 1. The summed E-state index contributed by atoms with van der Waals surface area (Å²) in [5.74, 6) is -0.629. The quantitative estimate of drug-likeness (QED) is 0.222. The average Bonchev–Trinajstić information content (AvgIpc) is 3.12. The van der Waals surface area contributed by atoms with Crippen molar-refractivity contribution in [3.8, 4) is 11.5 Å². The summed E-state index contributed by atoms with van der Waals surface area (Å²) < 4.78 is 21.4. The first kappa shape index (κ1) is 23.9. The molecule has 172 valence electrons. The van der Waals surface area contributed by atoms with Gasteiger partial charge >= 0.3 is 11.9 Å². The molecule has 0 unspecified atom stereocenters. The van der Waals surface area contributed by atoms with Crippen molar-refractivity contribution in [2.75, 3.05) is 20.3 Å². The molecular formula is C22H19BrN2O8. The van der Waals surface area contributed by atoms with Gasteiger partial charge in [0.05, 0.1) is 23.1 Å². The van der Waals surface area contributed by atoms with Crippen LogP contribution >= 0.6 is 15.9 Å². The summed E-state index contributed by atoms with van der Waals surface area (Å²) in [5.41, 5.74) is 1.14. The Morgan fingerprint density at radius 1 is 1.30 bits per heavy atom. The van der Waals surface area contributed by atoms with Crippen LogP contribution in [0.15, 0.2) is 45.5 Å². The number of benzene rings is 2. The fraction of sp³-hybridized carbons (Fsp3) is 0.227. The fourth-order valence-electron chi connectivity index (χ4n) is 3.00. The van der Waals surface area contributed by atoms with Crippen molar-refractivity contribution in [1.29, 1.82) is 0 Å². The van der Waals surface area contributed by atoms with Crippen LogP contribution in [0.4, 0.5) is 5.69 Å². The lowest BCUT2D eigenvalue weighted by molar-refractivity contribution is -0.385. The van der Waals surface area contributed by atoms with Crippen LogP contribution in [0.2, 0.25) is 0 Å². The number of methoxy groups -OCH3 is 1. The van der Waals surface area contributed by atoms with Crippen LogP contribution < -0.4 is 9.47 Å². The van der Waals surface area contributed by atoms with E-state index in [-0.39, 0.29) is 23.9 Å². The number of carbonyl (C=O) groups excluding carboxylic acids is 2. The smallest absolute Gasteiger partial charge is 0.363 e. The molecular weight excluding hydrogens is 500 g/mol. The van der Waals surface area contributed by atoms with Crippen LogP contribution in [0.25, 0.3) is 6.08 Å². The minimum Gasteiger partial charge on any atom is -0.490 e. The van der Waals surface area contributed by atoms with Crippen LogP contribution in [-0.4, -0.2) is 43.1 Å². The molecule has 0 saturated heterocycles. The number of esters is 2. The number of nitrogens with zero attached hydrogens (tertiary/aromatic N) is 2. The standard InChI is InChI=1S/C22H19BrN2O8/c1-4-31-18-10-13(8-15(23)20(18)32-11-19(26)30-3)9-16-22(27)33-21(24-16)14-6-5-7-17(12(14)2)25(28)29/h5-10H,4,11H2,1-3H3/b16-9-. The first-order chi connectivity index (χ1) is 15.7. The number of halogens is 1. The Hall–Kier alpha value is -3.73. The Labute approximate surface area is 197 Å². The highest BCUT2D eigenvalue weighted by Crippen LogP contribution is 2.38. The lowest BCUT2D eigenvalue weighted by atomic mass is 10.1. The van der Waals surface area contributed by atoms with Gasteiger partial charge in [0.15, 0.2) is 23.8 Å². The van der Waals surface area contributed by atoms with Crippen molar-refractivity contribution in [3.63, 3.8) is 0 Å². The van der Waals surface area contributed by atoms with E-state index in [4.69, 9.17) is 14.2 Å². The van der Waals surface area contributed by atoms with E-state index in [1.54, 1.807) is 32.0 Å². The van der Waals surface area contributed by atoms with E-state index in [1.807, 2.05) is 0 Å². The number of rotatable bonds is 8. The first-order valence-electron chi connectivity index (χ1n) is 9.68. The molecule has 0 aromatic heterocycles. The third-order valence-corrected chi connectivity index (χ3v) is 5.14. The zero-order chi connectivity index (χ0) is 24.1. The number of nitro benzene ring substituents is 1. The number of hydrogen-bond donors (Lipinski definition) is 0. The van der Waals surface area contributed by atoms with Gasteiger partial charge in [-0.15, -0.1) is 0 Å². The SMILES string of the molecule is CCOc1cc(/C=C2\N=C(c3cccc([N+](=O)[O-])c3C)OC2=O)cc(Br)c1OCC(=O)OC. The maximum absolute atomic E-state index is 12.4. The lowest BCUT2D eigenvalue weighted by Crippen LogP contribution is -2.13. The van der Waals surface area contributed by atoms with Gasteiger partial charge in [0, 0.05) is 17.2 Å². The molecule has 0 bridgehead atoms. The van der Waals surface area contributed by atoms with Gasteiger partial charge < -0.3 is 18.9 Å². The molecule has 1 aliphatic rings. The van der Waals surface area contributed by atoms with Crippen molar-refractivity contribution in [2.24, 2.45) is 4.99 Å². The highest BCUT2D eigenvalue weighted by atomic mass is 79.9. The molecule has 10 nitrogen and oxygen atoms in total. The molecule has 0 saturated carbocycles. The molecule has 0 fully saturated rings. The normalized spacial score (nSPS) is 14.0. The molecule has 0 atom stereocenters. The number of ether oxygens (including phenoxy) is 4. The van der Waals surface area contributed by atoms with Crippen LogP contribution in [0.3, 0.4) is 0 Å². The molecule has 33 heavy (non-hydrogen) atoms. The Morgan fingerprint density at radius 3 is 2.73 bits per heavy atom. The van der Waals surface area contributed by atoms with E-state index in [1.165, 1.54) is 25.3 Å². The van der Waals surface area contributed by atoms with Crippen LogP contribution in [0, 0.1) is 17.0 Å². The van der Waals surface area contributed by atoms with Gasteiger partial charge in [-0.05, 0) is 59.6 Å². The third kappa shape index (κ3) is 5.37. The van der Waals surface area contributed by atoms with Gasteiger partial charge in [0.2, 0.25) is 5.90 Å². The second kappa shape index (κ2) is 10.3. The minimum atomic E-state index is -0.698. The number of aliphatic imine (C=N–C) groups is 1. The van der Waals surface area contributed by atoms with Gasteiger partial charge in [-0.1, -0.05) is 6.07 Å². The molecule has 1 heterocycles. The highest BCUT2D eigenvalue weighted by molar-refractivity contribution is 9.10. The molecule has 0 amide bonds. The Kier molecular flexibility index (Phi) is 7.44. The van der Waals surface area contributed by atoms with Gasteiger partial charge in [0.1, 0.15) is 0 Å². The summed E-state index contributed by atoms with van der Waals surface area (Å²) in [6, 6.07) is 7.73. The molecule has 1 aliphatic heterocycles. The topological polar surface area (TPSA) is 127 Å². The number of hydrogen-bond acceptors (Lipinski definition) is 9. The molecule has 3 rings (SSSR count). The summed E-state index contributed by atoms with van der Waals surface area (Å²) in [6.45, 7) is 3.37. The van der Waals surface area contributed by atoms with Crippen molar-refractivity contribution in [3.05, 3.63) is 67.3 Å². The van der Waals surface area contributed by atoms with Crippen molar-refractivity contribution >= 4 is 45.5 Å². The zero-order valence-electron chi connectivity index (χ0n) is 17.9. The lowest BCUT2D eigenvalue weighted by Gasteiger charge is -2.14.